The van der Waals surface area contributed by atoms with Gasteiger partial charge >= 0.3 is 0 Å². The summed E-state index contributed by atoms with van der Waals surface area (Å²) in [6.45, 7) is 5.79. The Balaban J connectivity index is 0.00000392. The molecule has 154 valence electrons. The number of halogens is 1. The monoisotopic (exact) mass is 519 g/mol. The number of non-ortho nitro benzene ring substituents is 1. The molecule has 8 nitrogen and oxygen atoms in total. The zero-order chi connectivity index (χ0) is 19.8. The maximum absolute atomic E-state index is 10.7. The lowest BCUT2D eigenvalue weighted by Gasteiger charge is -2.21. The van der Waals surface area contributed by atoms with Crippen LogP contribution in [-0.2, 0) is 17.8 Å². The van der Waals surface area contributed by atoms with Gasteiger partial charge in [0.25, 0.3) is 5.69 Å². The fourth-order valence-electron chi connectivity index (χ4n) is 2.36. The van der Waals surface area contributed by atoms with E-state index in [1.54, 1.807) is 30.6 Å². The molecule has 28 heavy (non-hydrogen) atoms. The summed E-state index contributed by atoms with van der Waals surface area (Å²) in [6, 6.07) is 6.44. The maximum Gasteiger partial charge on any atom is 0.269 e. The molecule has 0 radical (unpaired) electrons. The molecule has 1 heterocycles. The molecule has 2 rings (SSSR count). The van der Waals surface area contributed by atoms with E-state index in [1.807, 2.05) is 31.2 Å². The molecular weight excluding hydrogens is 493 g/mol. The highest BCUT2D eigenvalue weighted by Crippen LogP contribution is 2.21. The van der Waals surface area contributed by atoms with Gasteiger partial charge in [0.05, 0.1) is 23.7 Å². The lowest BCUT2D eigenvalue weighted by Crippen LogP contribution is -2.38. The minimum absolute atomic E-state index is 0. The number of rotatable bonds is 8. The number of hydrogen-bond donors (Lipinski definition) is 1. The van der Waals surface area contributed by atoms with Gasteiger partial charge < -0.3 is 15.0 Å². The van der Waals surface area contributed by atoms with E-state index in [0.29, 0.717) is 13.1 Å². The SMILES string of the molecule is CCNC(=NCc1ccc([N+](=O)[O-])cc1)N(C)Cc1csc(C(C)OC)n1.I. The maximum atomic E-state index is 10.7. The van der Waals surface area contributed by atoms with Crippen LogP contribution in [0.1, 0.15) is 36.2 Å². The number of nitrogens with one attached hydrogen (secondary N) is 1. The molecule has 2 aromatic rings. The van der Waals surface area contributed by atoms with E-state index in [-0.39, 0.29) is 35.8 Å². The summed E-state index contributed by atoms with van der Waals surface area (Å²) in [7, 11) is 3.63. The van der Waals surface area contributed by atoms with Crippen LogP contribution in [0.3, 0.4) is 0 Å². The van der Waals surface area contributed by atoms with Gasteiger partial charge in [-0.1, -0.05) is 12.1 Å². The Morgan fingerprint density at radius 3 is 2.68 bits per heavy atom. The van der Waals surface area contributed by atoms with Crippen molar-refractivity contribution in [2.24, 2.45) is 4.99 Å². The molecule has 0 aliphatic carbocycles. The predicted octanol–water partition coefficient (Wildman–Crippen LogP) is 3.97. The van der Waals surface area contributed by atoms with Crippen molar-refractivity contribution in [1.82, 2.24) is 15.2 Å². The van der Waals surface area contributed by atoms with Crippen molar-refractivity contribution in [3.8, 4) is 0 Å². The number of benzene rings is 1. The Kier molecular flexibility index (Phi) is 10.3. The third kappa shape index (κ3) is 6.99. The smallest absolute Gasteiger partial charge is 0.269 e. The molecule has 0 bridgehead atoms. The van der Waals surface area contributed by atoms with E-state index in [4.69, 9.17) is 4.74 Å². The molecule has 0 saturated carbocycles. The fraction of sp³-hybridized carbons (Fsp3) is 0.444. The largest absolute Gasteiger partial charge is 0.375 e. The molecule has 0 spiro atoms. The van der Waals surface area contributed by atoms with Crippen molar-refractivity contribution in [3.63, 3.8) is 0 Å². The van der Waals surface area contributed by atoms with Gasteiger partial charge in [0.15, 0.2) is 5.96 Å². The number of nitrogens with zero attached hydrogens (tertiary/aromatic N) is 4. The van der Waals surface area contributed by atoms with Crippen LogP contribution in [-0.4, -0.2) is 41.5 Å². The fourth-order valence-corrected chi connectivity index (χ4v) is 3.20. The number of aliphatic imine (C=N–C) groups is 1. The summed E-state index contributed by atoms with van der Waals surface area (Å²) in [6.07, 6.45) is -0.0157. The van der Waals surface area contributed by atoms with E-state index >= 15 is 0 Å². The van der Waals surface area contributed by atoms with Gasteiger partial charge in [0.2, 0.25) is 0 Å². The van der Waals surface area contributed by atoms with Gasteiger partial charge in [-0.3, -0.25) is 10.1 Å². The zero-order valence-corrected chi connectivity index (χ0v) is 19.6. The average molecular weight is 519 g/mol. The molecule has 1 unspecified atom stereocenters. The number of aromatic nitrogens is 1. The Hall–Kier alpha value is -1.79. The quantitative estimate of drug-likeness (QED) is 0.187. The van der Waals surface area contributed by atoms with Crippen LogP contribution in [0.25, 0.3) is 0 Å². The summed E-state index contributed by atoms with van der Waals surface area (Å²) in [5, 5.41) is 17.0. The Morgan fingerprint density at radius 2 is 2.11 bits per heavy atom. The van der Waals surface area contributed by atoms with Crippen molar-refractivity contribution in [3.05, 3.63) is 56.0 Å². The summed E-state index contributed by atoms with van der Waals surface area (Å²) in [5.74, 6) is 0.755. The van der Waals surface area contributed by atoms with E-state index in [2.05, 4.69) is 15.3 Å². The van der Waals surface area contributed by atoms with Crippen LogP contribution >= 0.6 is 35.3 Å². The predicted molar refractivity (Wildman–Crippen MR) is 122 cm³/mol. The molecule has 1 aromatic heterocycles. The van der Waals surface area contributed by atoms with Gasteiger partial charge in [-0.05, 0) is 19.4 Å². The summed E-state index contributed by atoms with van der Waals surface area (Å²) in [5.41, 5.74) is 1.95. The molecule has 1 aromatic carbocycles. The van der Waals surface area contributed by atoms with Crippen LogP contribution in [0.5, 0.6) is 0 Å². The van der Waals surface area contributed by atoms with Crippen molar-refractivity contribution in [2.75, 3.05) is 20.7 Å². The number of hydrogen-bond acceptors (Lipinski definition) is 6. The minimum atomic E-state index is -0.405. The summed E-state index contributed by atoms with van der Waals surface area (Å²) < 4.78 is 5.31. The van der Waals surface area contributed by atoms with Crippen molar-refractivity contribution in [1.29, 1.82) is 0 Å². The van der Waals surface area contributed by atoms with Gasteiger partial charge in [-0.15, -0.1) is 35.3 Å². The Bertz CT molecular complexity index is 782. The first-order valence-corrected chi connectivity index (χ1v) is 9.52. The zero-order valence-electron chi connectivity index (χ0n) is 16.4. The molecular formula is C18H26IN5O3S. The molecule has 0 saturated heterocycles. The van der Waals surface area contributed by atoms with Crippen molar-refractivity contribution < 1.29 is 9.66 Å². The van der Waals surface area contributed by atoms with E-state index in [0.717, 1.165) is 28.8 Å². The molecule has 0 aliphatic heterocycles. The molecule has 10 heteroatoms. The molecule has 1 N–H and O–H groups in total. The number of guanidine groups is 1. The Morgan fingerprint density at radius 1 is 1.43 bits per heavy atom. The first kappa shape index (κ1) is 24.2. The lowest BCUT2D eigenvalue weighted by atomic mass is 10.2. The molecule has 1 atom stereocenters. The molecule has 0 aliphatic rings. The summed E-state index contributed by atoms with van der Waals surface area (Å²) in [4.78, 5) is 21.6. The van der Waals surface area contributed by atoms with Crippen molar-refractivity contribution in [2.45, 2.75) is 33.0 Å². The first-order chi connectivity index (χ1) is 12.9. The number of thiazole rings is 1. The summed E-state index contributed by atoms with van der Waals surface area (Å²) >= 11 is 1.59. The number of nitro groups is 1. The second kappa shape index (κ2) is 11.9. The minimum Gasteiger partial charge on any atom is -0.375 e. The normalized spacial score (nSPS) is 12.2. The van der Waals surface area contributed by atoms with Crippen LogP contribution in [0, 0.1) is 10.1 Å². The van der Waals surface area contributed by atoms with Crippen LogP contribution in [0.15, 0.2) is 34.6 Å². The Labute approximate surface area is 186 Å². The molecule has 0 fully saturated rings. The van der Waals surface area contributed by atoms with Crippen LogP contribution in [0.4, 0.5) is 5.69 Å². The average Bonchev–Trinajstić information content (AvgIpc) is 3.13. The highest BCUT2D eigenvalue weighted by Gasteiger charge is 2.13. The highest BCUT2D eigenvalue weighted by molar-refractivity contribution is 14.0. The van der Waals surface area contributed by atoms with Gasteiger partial charge in [0.1, 0.15) is 11.1 Å². The number of ether oxygens (including phenoxy) is 1. The number of methoxy groups -OCH3 is 1. The second-order valence-electron chi connectivity index (χ2n) is 6.00. The van der Waals surface area contributed by atoms with Crippen LogP contribution in [0.2, 0.25) is 0 Å². The standard InChI is InChI=1S/C18H25N5O3S.HI/c1-5-19-18(20-10-14-6-8-16(9-7-14)23(24)25)22(3)11-15-12-27-17(21-15)13(2)26-4;/h6-9,12-13H,5,10-11H2,1-4H3,(H,19,20);1H. The van der Waals surface area contributed by atoms with Gasteiger partial charge in [-0.25, -0.2) is 9.98 Å². The third-order valence-electron chi connectivity index (χ3n) is 3.93. The highest BCUT2D eigenvalue weighted by atomic mass is 127. The molecule has 0 amide bonds. The van der Waals surface area contributed by atoms with Crippen molar-refractivity contribution >= 4 is 47.0 Å². The van der Waals surface area contributed by atoms with Crippen LogP contribution < -0.4 is 5.32 Å². The number of nitro benzene ring substituents is 1. The third-order valence-corrected chi connectivity index (χ3v) is 4.98. The lowest BCUT2D eigenvalue weighted by molar-refractivity contribution is -0.384. The van der Waals surface area contributed by atoms with Gasteiger partial charge in [-0.2, -0.15) is 0 Å². The van der Waals surface area contributed by atoms with E-state index in [9.17, 15) is 10.1 Å². The second-order valence-corrected chi connectivity index (χ2v) is 6.89. The van der Waals surface area contributed by atoms with E-state index < -0.39 is 4.92 Å². The van der Waals surface area contributed by atoms with Gasteiger partial charge in [0, 0.05) is 38.2 Å². The first-order valence-electron chi connectivity index (χ1n) is 8.64. The topological polar surface area (TPSA) is 92.9 Å². The van der Waals surface area contributed by atoms with E-state index in [1.165, 1.54) is 12.1 Å².